The highest BCUT2D eigenvalue weighted by Gasteiger charge is 2.45. The van der Waals surface area contributed by atoms with Gasteiger partial charge in [-0.05, 0) is 48.4 Å². The van der Waals surface area contributed by atoms with Gasteiger partial charge < -0.3 is 20.5 Å². The zero-order valence-electron chi connectivity index (χ0n) is 28.8. The van der Waals surface area contributed by atoms with Gasteiger partial charge in [-0.25, -0.2) is 9.38 Å². The van der Waals surface area contributed by atoms with E-state index in [9.17, 15) is 31.9 Å². The summed E-state index contributed by atoms with van der Waals surface area (Å²) < 4.78 is 61.7. The smallest absolute Gasteiger partial charge is 0.406 e. The highest BCUT2D eigenvalue weighted by Crippen LogP contribution is 2.40. The van der Waals surface area contributed by atoms with Gasteiger partial charge in [0, 0.05) is 23.4 Å². The molecule has 15 heteroatoms. The highest BCUT2D eigenvalue weighted by atomic mass is 19.4. The van der Waals surface area contributed by atoms with Crippen LogP contribution in [0, 0.1) is 17.7 Å². The molecule has 0 aliphatic heterocycles. The van der Waals surface area contributed by atoms with Gasteiger partial charge in [0.2, 0.25) is 11.8 Å². The lowest BCUT2D eigenvalue weighted by Gasteiger charge is -2.38. The number of benzene rings is 2. The van der Waals surface area contributed by atoms with Crippen molar-refractivity contribution >= 4 is 40.2 Å². The maximum atomic E-state index is 14.5. The Hall–Kier alpha value is -4.92. The van der Waals surface area contributed by atoms with Crippen LogP contribution in [0.4, 0.5) is 23.6 Å². The molecule has 2 heterocycles. The molecule has 51 heavy (non-hydrogen) atoms. The Labute approximate surface area is 291 Å². The van der Waals surface area contributed by atoms with Crippen LogP contribution in [-0.4, -0.2) is 50.6 Å². The first-order valence-electron chi connectivity index (χ1n) is 16.9. The zero-order chi connectivity index (χ0) is 37.1. The Balaban J connectivity index is 1.50. The lowest BCUT2D eigenvalue weighted by molar-refractivity contribution is -0.136. The number of aliphatic imine (C=N–C) groups is 1. The predicted octanol–water partition coefficient (Wildman–Crippen LogP) is 5.84. The fraction of sp³-hybridized carbons (Fsp3) is 0.444. The number of H-pyrrole nitrogens is 1. The number of nitrogen functional groups attached to an aromatic ring is 1. The number of nitrogens with zero attached hydrogens (tertiary/aromatic N) is 3. The Bertz CT molecular complexity index is 1950. The minimum Gasteiger partial charge on any atom is -0.406 e. The van der Waals surface area contributed by atoms with Crippen molar-refractivity contribution in [1.82, 2.24) is 25.8 Å². The zero-order valence-corrected chi connectivity index (χ0v) is 28.8. The third-order valence-electron chi connectivity index (χ3n) is 9.77. The van der Waals surface area contributed by atoms with Crippen molar-refractivity contribution in [3.63, 3.8) is 0 Å². The van der Waals surface area contributed by atoms with Gasteiger partial charge in [-0.2, -0.15) is 13.2 Å². The number of hydrogen-bond acceptors (Lipinski definition) is 8. The second kappa shape index (κ2) is 15.1. The first-order valence-corrected chi connectivity index (χ1v) is 16.9. The second-order valence-corrected chi connectivity index (χ2v) is 13.1. The Kier molecular flexibility index (Phi) is 11.1. The molecular formula is C36H41F4N7O4. The molecule has 0 saturated heterocycles. The van der Waals surface area contributed by atoms with Crippen molar-refractivity contribution in [2.75, 3.05) is 12.3 Å². The summed E-state index contributed by atoms with van der Waals surface area (Å²) in [5.41, 5.74) is 4.45. The third-order valence-corrected chi connectivity index (χ3v) is 9.77. The van der Waals surface area contributed by atoms with E-state index in [0.29, 0.717) is 29.5 Å². The summed E-state index contributed by atoms with van der Waals surface area (Å²) >= 11 is 0. The van der Waals surface area contributed by atoms with Crippen LogP contribution < -0.4 is 16.4 Å². The lowest BCUT2D eigenvalue weighted by Crippen LogP contribution is -2.62. The molecule has 11 nitrogen and oxygen atoms in total. The topological polar surface area (TPSA) is 168 Å². The van der Waals surface area contributed by atoms with E-state index in [0.717, 1.165) is 6.07 Å². The first-order chi connectivity index (χ1) is 24.2. The quantitative estimate of drug-likeness (QED) is 0.0992. The number of halogens is 4. The van der Waals surface area contributed by atoms with Crippen molar-refractivity contribution in [1.29, 1.82) is 0 Å². The fourth-order valence-corrected chi connectivity index (χ4v) is 6.43. The number of aromatic nitrogens is 3. The highest BCUT2D eigenvalue weighted by molar-refractivity contribution is 6.42. The van der Waals surface area contributed by atoms with Crippen molar-refractivity contribution in [3.05, 3.63) is 76.6 Å². The van der Waals surface area contributed by atoms with Crippen LogP contribution in [0.5, 0.6) is 0 Å². The Morgan fingerprint density at radius 1 is 1.08 bits per heavy atom. The first kappa shape index (κ1) is 37.3. The number of ketones is 1. The van der Waals surface area contributed by atoms with Gasteiger partial charge in [0.05, 0.1) is 29.8 Å². The number of aryl methyl sites for hydroxylation is 1. The largest absolute Gasteiger partial charge is 0.418 e. The molecule has 5 rings (SSSR count). The minimum atomic E-state index is -4.61. The van der Waals surface area contributed by atoms with E-state index in [-0.39, 0.29) is 60.3 Å². The molecular weight excluding hydrogens is 670 g/mol. The summed E-state index contributed by atoms with van der Waals surface area (Å²) in [5, 5.41) is 14.2. The van der Waals surface area contributed by atoms with Gasteiger partial charge in [-0.1, -0.05) is 69.5 Å². The van der Waals surface area contributed by atoms with Gasteiger partial charge in [0.15, 0.2) is 5.78 Å². The van der Waals surface area contributed by atoms with Crippen LogP contribution in [0.3, 0.4) is 0 Å². The number of aromatic amines is 1. The number of anilines is 1. The number of amides is 2. The molecule has 4 atom stereocenters. The lowest BCUT2D eigenvalue weighted by atomic mass is 9.78. The molecule has 5 N–H and O–H groups in total. The maximum absolute atomic E-state index is 14.5. The van der Waals surface area contributed by atoms with Crippen molar-refractivity contribution in [2.24, 2.45) is 16.8 Å². The summed E-state index contributed by atoms with van der Waals surface area (Å²) in [7, 11) is 0. The number of nitrogens with one attached hydrogen (secondary N) is 3. The summed E-state index contributed by atoms with van der Waals surface area (Å²) in [4.78, 5) is 48.3. The summed E-state index contributed by atoms with van der Waals surface area (Å²) in [6.45, 7) is 6.93. The van der Waals surface area contributed by atoms with Gasteiger partial charge in [-0.3, -0.25) is 19.7 Å². The van der Waals surface area contributed by atoms with E-state index in [1.165, 1.54) is 24.3 Å². The normalized spacial score (nSPS) is 18.2. The molecule has 2 unspecified atom stereocenters. The summed E-state index contributed by atoms with van der Waals surface area (Å²) in [6, 6.07) is 8.72. The third kappa shape index (κ3) is 8.03. The summed E-state index contributed by atoms with van der Waals surface area (Å²) in [5.74, 6) is -2.92. The second-order valence-electron chi connectivity index (χ2n) is 13.1. The predicted molar refractivity (Wildman–Crippen MR) is 182 cm³/mol. The van der Waals surface area contributed by atoms with Crippen molar-refractivity contribution in [2.45, 2.75) is 84.0 Å². The number of alkyl halides is 3. The van der Waals surface area contributed by atoms with Crippen LogP contribution in [0.2, 0.25) is 0 Å². The van der Waals surface area contributed by atoms with Gasteiger partial charge in [-0.15, -0.1) is 5.10 Å². The van der Waals surface area contributed by atoms with Crippen LogP contribution in [-0.2, 0) is 39.8 Å². The number of carbonyl (C=O) groups is 3. The molecule has 0 bridgehead atoms. The molecule has 272 valence electrons. The van der Waals surface area contributed by atoms with Gasteiger partial charge in [0.25, 0.3) is 5.91 Å². The molecule has 2 amide bonds. The summed E-state index contributed by atoms with van der Waals surface area (Å²) in [6.07, 6.45) is -3.66. The maximum Gasteiger partial charge on any atom is 0.418 e. The standard InChI is InChI=1S/C36H41F4N7O4/c1-5-19(3)29(44-28(49)16-21-10-7-8-13-25(21)37)27(48)18-42-35(33(50)45-30(20(4)6-2)32-46-47-34(41)51-32)15-14-26-23(17-35)22-11-9-12-24(31(22)43-26)36(38,39)40/h7-13,19-20,30,42-43H,5-6,14-18H2,1-4H3,(H2,41,47)(H,45,50)/t19?,20?,30-,35+/m0/s1. The number of hydrogen-bond donors (Lipinski definition) is 4. The van der Waals surface area contributed by atoms with Gasteiger partial charge in [0.1, 0.15) is 17.4 Å². The van der Waals surface area contributed by atoms with Crippen LogP contribution in [0.1, 0.15) is 81.3 Å². The van der Waals surface area contributed by atoms with E-state index in [1.54, 1.807) is 19.1 Å². The van der Waals surface area contributed by atoms with E-state index in [4.69, 9.17) is 10.2 Å². The molecule has 0 fully saturated rings. The number of nitrogens with two attached hydrogens (primary N) is 1. The molecule has 1 aliphatic rings. The molecule has 0 saturated carbocycles. The van der Waals surface area contributed by atoms with Gasteiger partial charge >= 0.3 is 12.2 Å². The minimum absolute atomic E-state index is 0.0286. The molecule has 0 radical (unpaired) electrons. The van der Waals surface area contributed by atoms with Crippen molar-refractivity contribution < 1.29 is 36.4 Å². The van der Waals surface area contributed by atoms with E-state index >= 15 is 0 Å². The average molecular weight is 712 g/mol. The van der Waals surface area contributed by atoms with Crippen LogP contribution in [0.25, 0.3) is 10.9 Å². The van der Waals surface area contributed by atoms with E-state index in [2.05, 4.69) is 30.8 Å². The fourth-order valence-electron chi connectivity index (χ4n) is 6.43. The van der Waals surface area contributed by atoms with E-state index in [1.807, 2.05) is 20.8 Å². The Morgan fingerprint density at radius 3 is 2.47 bits per heavy atom. The number of Topliss-reactive ketones (excluding diaryl/α,β-unsaturated/α-hetero) is 1. The molecule has 1 aliphatic carbocycles. The van der Waals surface area contributed by atoms with Crippen molar-refractivity contribution in [3.8, 4) is 0 Å². The van der Waals surface area contributed by atoms with Crippen LogP contribution >= 0.6 is 0 Å². The average Bonchev–Trinajstić information content (AvgIpc) is 3.70. The number of para-hydroxylation sites is 1. The van der Waals surface area contributed by atoms with E-state index < -0.39 is 59.2 Å². The molecule has 4 aromatic rings. The van der Waals surface area contributed by atoms with Crippen LogP contribution in [0.15, 0.2) is 51.9 Å². The number of rotatable bonds is 13. The monoisotopic (exact) mass is 711 g/mol. The molecule has 2 aromatic carbocycles. The Morgan fingerprint density at radius 2 is 1.82 bits per heavy atom. The molecule has 2 aromatic heterocycles. The number of fused-ring (bicyclic) bond motifs is 3. The molecule has 0 spiro atoms. The number of carbonyl (C=O) groups excluding carboxylic acids is 3. The SMILES string of the molecule is CCC(C)C(=NC(=O)Cc1ccccc1F)C(=O)CN[C@]1(C(=O)N[C@H](c2nnc(N)o2)C(C)CC)CCc2[nH]c3c(C(F)(F)F)cccc3c2C1.